The molecule has 4 heterocycles. The first-order chi connectivity index (χ1) is 15.5. The number of nitrogens with zero attached hydrogens (tertiary/aromatic N) is 3. The average Bonchev–Trinajstić information content (AvgIpc) is 3.21. The monoisotopic (exact) mass is 428 g/mol. The molecule has 4 aromatic heterocycles. The SMILES string of the molecule is C=CC(=O)Nc1cc(-c2cnc3[nH]cc(-c4ccnc(NC)c4)c3c2)cc(OC(C)C)n1. The standard InChI is InChI=1S/C24H24N6O2/c1-5-22(31)29-21-10-16(11-23(30-21)32-14(2)3)17-8-18-19(13-28-24(18)27-12-17)15-6-7-26-20(9-15)25-4/h5-14H,1H2,2-4H3,(H,25,26)(H,27,28)(H,29,30,31). The number of aromatic nitrogens is 4. The third-order valence-electron chi connectivity index (χ3n) is 4.79. The van der Waals surface area contributed by atoms with Gasteiger partial charge in [0.1, 0.15) is 17.3 Å². The molecule has 4 rings (SSSR count). The van der Waals surface area contributed by atoms with Gasteiger partial charge in [-0.05, 0) is 55.3 Å². The molecule has 0 saturated carbocycles. The second-order valence-electron chi connectivity index (χ2n) is 7.44. The molecule has 0 aliphatic carbocycles. The summed E-state index contributed by atoms with van der Waals surface area (Å²) in [7, 11) is 1.84. The number of hydrogen-bond donors (Lipinski definition) is 3. The van der Waals surface area contributed by atoms with Gasteiger partial charge in [0.15, 0.2) is 0 Å². The number of fused-ring (bicyclic) bond motifs is 1. The maximum Gasteiger partial charge on any atom is 0.248 e. The summed E-state index contributed by atoms with van der Waals surface area (Å²) in [6.07, 6.45) is 6.62. The van der Waals surface area contributed by atoms with Crippen LogP contribution in [-0.4, -0.2) is 39.0 Å². The molecular weight excluding hydrogens is 404 g/mol. The van der Waals surface area contributed by atoms with E-state index in [1.165, 1.54) is 6.08 Å². The molecule has 162 valence electrons. The summed E-state index contributed by atoms with van der Waals surface area (Å²) >= 11 is 0. The number of hydrogen-bond acceptors (Lipinski definition) is 6. The van der Waals surface area contributed by atoms with E-state index in [1.54, 1.807) is 18.5 Å². The number of anilines is 2. The zero-order valence-electron chi connectivity index (χ0n) is 18.1. The van der Waals surface area contributed by atoms with Crippen LogP contribution in [0.4, 0.5) is 11.6 Å². The van der Waals surface area contributed by atoms with Gasteiger partial charge in [-0.2, -0.15) is 4.98 Å². The number of rotatable bonds is 7. The molecule has 0 unspecified atom stereocenters. The summed E-state index contributed by atoms with van der Waals surface area (Å²) in [6.45, 7) is 7.34. The Balaban J connectivity index is 1.81. The number of carbonyl (C=O) groups is 1. The molecule has 0 bridgehead atoms. The van der Waals surface area contributed by atoms with Crippen LogP contribution in [0.3, 0.4) is 0 Å². The molecule has 0 aromatic carbocycles. The Morgan fingerprint density at radius 1 is 1.12 bits per heavy atom. The van der Waals surface area contributed by atoms with E-state index in [4.69, 9.17) is 4.74 Å². The van der Waals surface area contributed by atoms with E-state index in [0.29, 0.717) is 11.7 Å². The largest absolute Gasteiger partial charge is 0.475 e. The first kappa shape index (κ1) is 21.0. The van der Waals surface area contributed by atoms with E-state index in [2.05, 4.69) is 43.2 Å². The molecule has 32 heavy (non-hydrogen) atoms. The normalized spacial score (nSPS) is 10.9. The summed E-state index contributed by atoms with van der Waals surface area (Å²) in [6, 6.07) is 9.63. The van der Waals surface area contributed by atoms with Crippen LogP contribution >= 0.6 is 0 Å². The van der Waals surface area contributed by atoms with Crippen LogP contribution in [0.25, 0.3) is 33.3 Å². The molecule has 0 spiro atoms. The fourth-order valence-electron chi connectivity index (χ4n) is 3.35. The van der Waals surface area contributed by atoms with Gasteiger partial charge in [-0.3, -0.25) is 4.79 Å². The Labute approximate surface area is 185 Å². The zero-order chi connectivity index (χ0) is 22.7. The Hall–Kier alpha value is -4.20. The predicted molar refractivity (Wildman–Crippen MR) is 127 cm³/mol. The van der Waals surface area contributed by atoms with E-state index < -0.39 is 0 Å². The van der Waals surface area contributed by atoms with Crippen LogP contribution in [-0.2, 0) is 4.79 Å². The highest BCUT2D eigenvalue weighted by atomic mass is 16.5. The van der Waals surface area contributed by atoms with E-state index in [0.717, 1.165) is 39.1 Å². The van der Waals surface area contributed by atoms with Gasteiger partial charge in [-0.25, -0.2) is 9.97 Å². The molecule has 8 nitrogen and oxygen atoms in total. The van der Waals surface area contributed by atoms with Crippen molar-refractivity contribution in [3.05, 3.63) is 61.6 Å². The number of ether oxygens (including phenoxy) is 1. The molecule has 8 heteroatoms. The van der Waals surface area contributed by atoms with Gasteiger partial charge in [0.25, 0.3) is 0 Å². The minimum atomic E-state index is -0.343. The summed E-state index contributed by atoms with van der Waals surface area (Å²) in [4.78, 5) is 28.3. The minimum Gasteiger partial charge on any atom is -0.475 e. The van der Waals surface area contributed by atoms with Gasteiger partial charge in [0, 0.05) is 48.2 Å². The van der Waals surface area contributed by atoms with Crippen molar-refractivity contribution in [2.75, 3.05) is 17.7 Å². The molecule has 4 aromatic rings. The highest BCUT2D eigenvalue weighted by molar-refractivity contribution is 5.99. The van der Waals surface area contributed by atoms with E-state index in [-0.39, 0.29) is 12.0 Å². The lowest BCUT2D eigenvalue weighted by molar-refractivity contribution is -0.111. The van der Waals surface area contributed by atoms with Gasteiger partial charge >= 0.3 is 0 Å². The fourth-order valence-corrected chi connectivity index (χ4v) is 3.35. The number of carbonyl (C=O) groups excluding carboxylic acids is 1. The van der Waals surface area contributed by atoms with E-state index >= 15 is 0 Å². The molecule has 0 fully saturated rings. The van der Waals surface area contributed by atoms with Gasteiger partial charge in [-0.1, -0.05) is 6.58 Å². The lowest BCUT2D eigenvalue weighted by Crippen LogP contribution is -2.11. The molecule has 0 aliphatic rings. The van der Waals surface area contributed by atoms with Gasteiger partial charge in [-0.15, -0.1) is 0 Å². The zero-order valence-corrected chi connectivity index (χ0v) is 18.1. The first-order valence-electron chi connectivity index (χ1n) is 10.2. The lowest BCUT2D eigenvalue weighted by atomic mass is 10.0. The molecule has 1 amide bonds. The summed E-state index contributed by atoms with van der Waals surface area (Å²) in [5, 5.41) is 6.74. The number of aromatic amines is 1. The van der Waals surface area contributed by atoms with Crippen LogP contribution in [0, 0.1) is 0 Å². The van der Waals surface area contributed by atoms with E-state index in [9.17, 15) is 4.79 Å². The van der Waals surface area contributed by atoms with Gasteiger partial charge in [0.2, 0.25) is 11.8 Å². The number of amides is 1. The summed E-state index contributed by atoms with van der Waals surface area (Å²) in [5.41, 5.74) is 4.50. The average molecular weight is 428 g/mol. The predicted octanol–water partition coefficient (Wildman–Crippen LogP) is 4.64. The summed E-state index contributed by atoms with van der Waals surface area (Å²) < 4.78 is 5.79. The molecule has 0 saturated heterocycles. The number of H-pyrrole nitrogens is 1. The Morgan fingerprint density at radius 2 is 1.94 bits per heavy atom. The smallest absolute Gasteiger partial charge is 0.248 e. The highest BCUT2D eigenvalue weighted by Gasteiger charge is 2.13. The third-order valence-corrected chi connectivity index (χ3v) is 4.79. The second-order valence-corrected chi connectivity index (χ2v) is 7.44. The van der Waals surface area contributed by atoms with Crippen LogP contribution in [0.1, 0.15) is 13.8 Å². The van der Waals surface area contributed by atoms with Crippen molar-refractivity contribution in [2.24, 2.45) is 0 Å². The maximum atomic E-state index is 11.8. The Morgan fingerprint density at radius 3 is 2.69 bits per heavy atom. The topological polar surface area (TPSA) is 105 Å². The van der Waals surface area contributed by atoms with Crippen molar-refractivity contribution in [2.45, 2.75) is 20.0 Å². The molecule has 0 atom stereocenters. The minimum absolute atomic E-state index is 0.0642. The Kier molecular flexibility index (Phi) is 5.85. The van der Waals surface area contributed by atoms with Gasteiger partial charge < -0.3 is 20.4 Å². The van der Waals surface area contributed by atoms with Crippen LogP contribution < -0.4 is 15.4 Å². The van der Waals surface area contributed by atoms with Crippen molar-refractivity contribution < 1.29 is 9.53 Å². The van der Waals surface area contributed by atoms with Crippen LogP contribution in [0.15, 0.2) is 61.6 Å². The number of pyridine rings is 3. The quantitative estimate of drug-likeness (QED) is 0.370. The Bertz CT molecular complexity index is 1290. The molecule has 0 radical (unpaired) electrons. The highest BCUT2D eigenvalue weighted by Crippen LogP contribution is 2.33. The van der Waals surface area contributed by atoms with Crippen molar-refractivity contribution in [3.63, 3.8) is 0 Å². The van der Waals surface area contributed by atoms with Crippen molar-refractivity contribution >= 4 is 28.6 Å². The van der Waals surface area contributed by atoms with E-state index in [1.807, 2.05) is 45.3 Å². The number of nitrogens with one attached hydrogen (secondary N) is 3. The van der Waals surface area contributed by atoms with Crippen molar-refractivity contribution in [1.29, 1.82) is 0 Å². The second kappa shape index (κ2) is 8.89. The first-order valence-corrected chi connectivity index (χ1v) is 10.2. The van der Waals surface area contributed by atoms with Crippen molar-refractivity contribution in [1.82, 2.24) is 19.9 Å². The van der Waals surface area contributed by atoms with Crippen molar-refractivity contribution in [3.8, 4) is 28.1 Å². The third kappa shape index (κ3) is 4.44. The van der Waals surface area contributed by atoms with Gasteiger partial charge in [0.05, 0.1) is 6.10 Å². The lowest BCUT2D eigenvalue weighted by Gasteiger charge is -2.13. The molecular formula is C24H24N6O2. The maximum absolute atomic E-state index is 11.8. The van der Waals surface area contributed by atoms with Crippen LogP contribution in [0.5, 0.6) is 5.88 Å². The molecule has 0 aliphatic heterocycles. The van der Waals surface area contributed by atoms with Crippen LogP contribution in [0.2, 0.25) is 0 Å². The summed E-state index contributed by atoms with van der Waals surface area (Å²) in [5.74, 6) is 1.24. The molecule has 3 N–H and O–H groups in total. The fraction of sp³-hybridized carbons (Fsp3) is 0.167.